The molecule has 0 N–H and O–H groups in total. The van der Waals surface area contributed by atoms with E-state index in [1.54, 1.807) is 0 Å². The first-order valence-corrected chi connectivity index (χ1v) is 5.08. The van der Waals surface area contributed by atoms with Gasteiger partial charge in [0, 0.05) is 6.42 Å². The first-order chi connectivity index (χ1) is 7.70. The highest BCUT2D eigenvalue weighted by molar-refractivity contribution is 5.76. The summed E-state index contributed by atoms with van der Waals surface area (Å²) in [5.41, 5.74) is 0. The van der Waals surface area contributed by atoms with Gasteiger partial charge in [0.1, 0.15) is 0 Å². The Balaban J connectivity index is 3.66. The van der Waals surface area contributed by atoms with E-state index in [9.17, 15) is 22.8 Å². The van der Waals surface area contributed by atoms with E-state index >= 15 is 0 Å². The first kappa shape index (κ1) is 15.7. The molecule has 0 radical (unpaired) electrons. The predicted octanol–water partition coefficient (Wildman–Crippen LogP) is 2.07. The van der Waals surface area contributed by atoms with Crippen molar-refractivity contribution in [2.24, 2.45) is 5.92 Å². The summed E-state index contributed by atoms with van der Waals surface area (Å²) in [6.45, 7) is 1.36. The summed E-state index contributed by atoms with van der Waals surface area (Å²) in [5.74, 6) is -1.53. The molecule has 0 unspecified atom stereocenters. The SMILES string of the molecule is CC(C)CCC(=O)OCC(=O)OCC(F)(F)F. The molecule has 100 valence electrons. The first-order valence-electron chi connectivity index (χ1n) is 5.08. The molecular weight excluding hydrogens is 241 g/mol. The maximum absolute atomic E-state index is 11.6. The molecule has 0 fully saturated rings. The minimum Gasteiger partial charge on any atom is -0.454 e. The molecule has 4 nitrogen and oxygen atoms in total. The van der Waals surface area contributed by atoms with Crippen molar-refractivity contribution in [3.8, 4) is 0 Å². The van der Waals surface area contributed by atoms with E-state index in [0.717, 1.165) is 0 Å². The Morgan fingerprint density at radius 1 is 1.12 bits per heavy atom. The Labute approximate surface area is 97.1 Å². The molecule has 0 aromatic carbocycles. The molecule has 0 amide bonds. The molecule has 0 heterocycles. The van der Waals surface area contributed by atoms with Gasteiger partial charge in [0.15, 0.2) is 13.2 Å². The summed E-state index contributed by atoms with van der Waals surface area (Å²) in [5, 5.41) is 0. The van der Waals surface area contributed by atoms with Gasteiger partial charge < -0.3 is 9.47 Å². The molecule has 7 heteroatoms. The topological polar surface area (TPSA) is 52.6 Å². The lowest BCUT2D eigenvalue weighted by Gasteiger charge is -2.08. The Hall–Kier alpha value is -1.27. The zero-order valence-electron chi connectivity index (χ0n) is 9.67. The van der Waals surface area contributed by atoms with E-state index < -0.39 is 31.3 Å². The van der Waals surface area contributed by atoms with Crippen LogP contribution in [-0.4, -0.2) is 31.3 Å². The van der Waals surface area contributed by atoms with Gasteiger partial charge in [0.05, 0.1) is 0 Å². The second-order valence-corrected chi connectivity index (χ2v) is 3.87. The number of carbonyl (C=O) groups is 2. The summed E-state index contributed by atoms with van der Waals surface area (Å²) >= 11 is 0. The highest BCUT2D eigenvalue weighted by Gasteiger charge is 2.29. The van der Waals surface area contributed by atoms with Gasteiger partial charge in [-0.1, -0.05) is 13.8 Å². The lowest BCUT2D eigenvalue weighted by Crippen LogP contribution is -2.23. The minimum atomic E-state index is -4.57. The highest BCUT2D eigenvalue weighted by Crippen LogP contribution is 2.14. The number of rotatable bonds is 6. The van der Waals surface area contributed by atoms with Crippen molar-refractivity contribution in [1.82, 2.24) is 0 Å². The average molecular weight is 256 g/mol. The van der Waals surface area contributed by atoms with Crippen LogP contribution in [0.1, 0.15) is 26.7 Å². The molecule has 0 aliphatic rings. The molecule has 0 rings (SSSR count). The van der Waals surface area contributed by atoms with Crippen LogP contribution >= 0.6 is 0 Å². The number of hydrogen-bond donors (Lipinski definition) is 0. The van der Waals surface area contributed by atoms with Gasteiger partial charge >= 0.3 is 18.1 Å². The normalized spacial score (nSPS) is 11.4. The summed E-state index contributed by atoms with van der Waals surface area (Å²) in [6, 6.07) is 0. The van der Waals surface area contributed by atoms with Crippen LogP contribution < -0.4 is 0 Å². The molecule has 0 bridgehead atoms. The molecule has 0 aromatic heterocycles. The zero-order valence-corrected chi connectivity index (χ0v) is 9.67. The van der Waals surface area contributed by atoms with E-state index in [2.05, 4.69) is 9.47 Å². The van der Waals surface area contributed by atoms with E-state index in [4.69, 9.17) is 0 Å². The smallest absolute Gasteiger partial charge is 0.422 e. The van der Waals surface area contributed by atoms with Crippen LogP contribution in [0, 0.1) is 5.92 Å². The third-order valence-corrected chi connectivity index (χ3v) is 1.67. The van der Waals surface area contributed by atoms with Crippen LogP contribution in [0.25, 0.3) is 0 Å². The number of halogens is 3. The van der Waals surface area contributed by atoms with Gasteiger partial charge in [0.2, 0.25) is 0 Å². The van der Waals surface area contributed by atoms with Crippen LogP contribution in [-0.2, 0) is 19.1 Å². The second-order valence-electron chi connectivity index (χ2n) is 3.87. The standard InChI is InChI=1S/C10H15F3O4/c1-7(2)3-4-8(14)16-5-9(15)17-6-10(11,12)13/h7H,3-6H2,1-2H3. The number of ether oxygens (including phenoxy) is 2. The van der Waals surface area contributed by atoms with Gasteiger partial charge in [-0.15, -0.1) is 0 Å². The number of esters is 2. The summed E-state index contributed by atoms with van der Waals surface area (Å²) in [6.07, 6.45) is -3.85. The summed E-state index contributed by atoms with van der Waals surface area (Å²) < 4.78 is 43.2. The van der Waals surface area contributed by atoms with Crippen molar-refractivity contribution in [2.45, 2.75) is 32.9 Å². The van der Waals surface area contributed by atoms with Crippen LogP contribution in [0.3, 0.4) is 0 Å². The maximum atomic E-state index is 11.6. The molecule has 0 saturated heterocycles. The third-order valence-electron chi connectivity index (χ3n) is 1.67. The maximum Gasteiger partial charge on any atom is 0.422 e. The number of hydrogen-bond acceptors (Lipinski definition) is 4. The molecule has 0 aliphatic carbocycles. The fourth-order valence-corrected chi connectivity index (χ4v) is 0.822. The van der Waals surface area contributed by atoms with Crippen molar-refractivity contribution in [3.05, 3.63) is 0 Å². The Morgan fingerprint density at radius 2 is 1.71 bits per heavy atom. The predicted molar refractivity (Wildman–Crippen MR) is 52.0 cm³/mol. The van der Waals surface area contributed by atoms with E-state index in [0.29, 0.717) is 12.3 Å². The van der Waals surface area contributed by atoms with Crippen molar-refractivity contribution in [1.29, 1.82) is 0 Å². The van der Waals surface area contributed by atoms with Crippen molar-refractivity contribution in [2.75, 3.05) is 13.2 Å². The molecule has 0 aromatic rings. The van der Waals surface area contributed by atoms with E-state index in [-0.39, 0.29) is 6.42 Å². The average Bonchev–Trinajstić information content (AvgIpc) is 2.19. The molecule has 0 spiro atoms. The molecule has 17 heavy (non-hydrogen) atoms. The van der Waals surface area contributed by atoms with Gasteiger partial charge in [-0.3, -0.25) is 4.79 Å². The third kappa shape index (κ3) is 11.0. The zero-order chi connectivity index (χ0) is 13.5. The van der Waals surface area contributed by atoms with Crippen LogP contribution in [0.2, 0.25) is 0 Å². The fraction of sp³-hybridized carbons (Fsp3) is 0.800. The summed E-state index contributed by atoms with van der Waals surface area (Å²) in [4.78, 5) is 21.7. The van der Waals surface area contributed by atoms with Crippen molar-refractivity contribution < 1.29 is 32.2 Å². The van der Waals surface area contributed by atoms with Gasteiger partial charge in [-0.05, 0) is 12.3 Å². The van der Waals surface area contributed by atoms with E-state index in [1.807, 2.05) is 13.8 Å². The number of carbonyl (C=O) groups excluding carboxylic acids is 2. The second kappa shape index (κ2) is 7.13. The van der Waals surface area contributed by atoms with Gasteiger partial charge in [0.25, 0.3) is 0 Å². The molecular formula is C10H15F3O4. The Kier molecular flexibility index (Phi) is 6.60. The molecule has 0 saturated carbocycles. The lowest BCUT2D eigenvalue weighted by atomic mass is 10.1. The van der Waals surface area contributed by atoms with Crippen LogP contribution in [0.15, 0.2) is 0 Å². The van der Waals surface area contributed by atoms with Gasteiger partial charge in [-0.2, -0.15) is 13.2 Å². The Morgan fingerprint density at radius 3 is 2.18 bits per heavy atom. The Bertz CT molecular complexity index is 261. The number of alkyl halides is 3. The largest absolute Gasteiger partial charge is 0.454 e. The fourth-order valence-electron chi connectivity index (χ4n) is 0.822. The van der Waals surface area contributed by atoms with Crippen LogP contribution in [0.4, 0.5) is 13.2 Å². The van der Waals surface area contributed by atoms with Gasteiger partial charge in [-0.25, -0.2) is 4.79 Å². The molecule has 0 aliphatic heterocycles. The minimum absolute atomic E-state index is 0.129. The quantitative estimate of drug-likeness (QED) is 0.683. The highest BCUT2D eigenvalue weighted by atomic mass is 19.4. The van der Waals surface area contributed by atoms with E-state index in [1.165, 1.54) is 0 Å². The monoisotopic (exact) mass is 256 g/mol. The molecule has 0 atom stereocenters. The summed E-state index contributed by atoms with van der Waals surface area (Å²) in [7, 11) is 0. The van der Waals surface area contributed by atoms with Crippen LogP contribution in [0.5, 0.6) is 0 Å². The van der Waals surface area contributed by atoms with Crippen molar-refractivity contribution >= 4 is 11.9 Å². The lowest BCUT2D eigenvalue weighted by molar-refractivity contribution is -0.189. The van der Waals surface area contributed by atoms with Crippen molar-refractivity contribution in [3.63, 3.8) is 0 Å².